The molecule has 0 spiro atoms. The number of imide groups is 1. The zero-order chi connectivity index (χ0) is 85.9. The molecule has 2 bridgehead atoms. The lowest BCUT2D eigenvalue weighted by molar-refractivity contribution is -0.137. The number of benzene rings is 2. The Morgan fingerprint density at radius 3 is 1.95 bits per heavy atom. The highest BCUT2D eigenvalue weighted by atomic mass is 32.7. The van der Waals surface area contributed by atoms with Gasteiger partial charge in [-0.2, -0.15) is 0 Å². The Hall–Kier alpha value is -8.60. The van der Waals surface area contributed by atoms with Crippen molar-refractivity contribution in [3.63, 3.8) is 0 Å². The van der Waals surface area contributed by atoms with Crippen LogP contribution in [0.4, 0.5) is 20.7 Å². The maximum absolute atomic E-state index is 15.1. The Morgan fingerprint density at radius 1 is 0.692 bits per heavy atom. The molecule has 0 radical (unpaired) electrons. The number of amides is 8. The largest absolute Gasteiger partial charge is 0.445 e. The Balaban J connectivity index is 0.644. The number of hydrogen-bond acceptors (Lipinski definition) is 31. The molecule has 12 atom stereocenters. The third kappa shape index (κ3) is 27.2. The lowest BCUT2D eigenvalue weighted by atomic mass is 10.0. The number of carbonyl (C=O) groups is 8. The lowest BCUT2D eigenvalue weighted by Crippen LogP contribution is -2.57. The molecule has 8 heterocycles. The number of nitrogens with one attached hydrogen (secondary N) is 6. The summed E-state index contributed by atoms with van der Waals surface area (Å²) in [6.07, 6.45) is -3.07. The molecule has 0 aliphatic carbocycles. The molecule has 4 aliphatic heterocycles. The standard InChI is InChI=1S/C74H99FN14O27P2S2/c1-45(2)61(84-70(96)52(12-8-9-20-87-57(91)17-18-58(87)92)83-56(90)19-21-103-24-25-105-28-29-107-32-33-109-35-34-108-31-30-106-27-26-104-23-22-102-5)72(98)81-46(3)68(94)82-49-15-13-47(14-16-49)39-110-74(99)86(4)37-48-10-6-7-11-50(48)69(95)85-65-62-67(78-42-76-65)89(44-80-62)59-36-53-54(113-59)40-111-118(101,120)116-64-63(93)55(41-112-117(100,119)115-53)114-73(64)88-38-51(75)60-66(88)77-43-79-71(60)97/h6-7,10-11,13-18,38,42-46,52-55,59,61,63-64,73,93H,8-9,12,19-37,39-41H2,1-5H3,(H,81,98)(H,82,94)(H,83,90)(H,84,96)(H,100,119)(H,101,120)(H,77,79,97)(H,76,78,85,95)/t46-,52-,53-,54+,55+,59+,61-,63+,64+,73+,117+,118+/m0/s1. The van der Waals surface area contributed by atoms with Crippen molar-refractivity contribution in [3.8, 4) is 0 Å². The number of aromatic nitrogens is 7. The lowest BCUT2D eigenvalue weighted by Gasteiger charge is -2.26. The van der Waals surface area contributed by atoms with E-state index in [0.717, 1.165) is 22.0 Å². The molecule has 8 amide bonds. The van der Waals surface area contributed by atoms with E-state index in [1.54, 1.807) is 69.5 Å². The van der Waals surface area contributed by atoms with E-state index in [9.17, 15) is 57.4 Å². The highest BCUT2D eigenvalue weighted by Gasteiger charge is 2.52. The molecule has 4 aromatic heterocycles. The fourth-order valence-electron chi connectivity index (χ4n) is 12.7. The third-order valence-electron chi connectivity index (χ3n) is 18.9. The van der Waals surface area contributed by atoms with Crippen molar-refractivity contribution >= 4 is 119 Å². The first kappa shape index (κ1) is 93.7. The summed E-state index contributed by atoms with van der Waals surface area (Å²) in [5.74, 6) is -5.55. The first-order valence-corrected chi connectivity index (χ1v) is 43.9. The van der Waals surface area contributed by atoms with Gasteiger partial charge in [0.05, 0.1) is 125 Å². The smallest absolute Gasteiger partial charge is 0.410 e. The Morgan fingerprint density at radius 2 is 1.31 bits per heavy atom. The molecule has 0 unspecified atom stereocenters. The molecule has 0 saturated carbocycles. The first-order chi connectivity index (χ1) is 57.7. The minimum atomic E-state index is -4.52. The van der Waals surface area contributed by atoms with Gasteiger partial charge in [-0.3, -0.25) is 65.9 Å². The number of fused-ring (bicyclic) bond motifs is 5. The summed E-state index contributed by atoms with van der Waals surface area (Å²) in [7, 11) is 3.09. The molecule has 3 saturated heterocycles. The molecule has 120 heavy (non-hydrogen) atoms. The molecule has 41 nitrogen and oxygen atoms in total. The number of nitrogens with zero attached hydrogens (tertiary/aromatic N) is 8. The molecular weight excluding hydrogens is 1660 g/mol. The summed E-state index contributed by atoms with van der Waals surface area (Å²) in [5.41, 5.74) is 0.680. The second-order valence-electron chi connectivity index (χ2n) is 28.0. The van der Waals surface area contributed by atoms with Crippen LogP contribution in [0.1, 0.15) is 86.8 Å². The van der Waals surface area contributed by atoms with Crippen molar-refractivity contribution in [2.45, 2.75) is 127 Å². The van der Waals surface area contributed by atoms with Crippen LogP contribution in [0.25, 0.3) is 22.2 Å². The molecule has 4 aliphatic rings. The van der Waals surface area contributed by atoms with E-state index in [2.05, 4.69) is 76.0 Å². The second kappa shape index (κ2) is 46.0. The van der Waals surface area contributed by atoms with Crippen LogP contribution < -0.4 is 32.1 Å². The molecule has 46 heteroatoms. The molecular formula is C74H99FN14O27P2S2. The topological polar surface area (TPSA) is 490 Å². The van der Waals surface area contributed by atoms with Gasteiger partial charge in [0.2, 0.25) is 23.6 Å². The fraction of sp³-hybridized carbons (Fsp3) is 0.554. The first-order valence-electron chi connectivity index (χ1n) is 38.5. The zero-order valence-corrected chi connectivity index (χ0v) is 70.0. The van der Waals surface area contributed by atoms with E-state index in [1.807, 2.05) is 0 Å². The van der Waals surface area contributed by atoms with Crippen LogP contribution in [-0.2, 0) is 121 Å². The Labute approximate surface area is 698 Å². The molecule has 10 rings (SSSR count). The number of imidazole rings is 1. The van der Waals surface area contributed by atoms with E-state index in [-0.39, 0.29) is 87.0 Å². The number of aromatic amines is 1. The van der Waals surface area contributed by atoms with E-state index in [4.69, 9.17) is 70.2 Å². The van der Waals surface area contributed by atoms with Crippen LogP contribution in [-0.4, -0.2) is 278 Å². The normalized spacial score (nSPS) is 22.0. The van der Waals surface area contributed by atoms with Gasteiger partial charge in [-0.15, -0.1) is 0 Å². The van der Waals surface area contributed by atoms with E-state index in [1.165, 1.54) is 48.2 Å². The maximum Gasteiger partial charge on any atom is 0.410 e. The van der Waals surface area contributed by atoms with Crippen LogP contribution in [0.3, 0.4) is 0 Å². The van der Waals surface area contributed by atoms with Gasteiger partial charge in [-0.25, -0.2) is 38.3 Å². The highest BCUT2D eigenvalue weighted by Crippen LogP contribution is 2.60. The van der Waals surface area contributed by atoms with Crippen molar-refractivity contribution in [3.05, 3.63) is 119 Å². The van der Waals surface area contributed by atoms with Crippen molar-refractivity contribution in [1.82, 2.24) is 59.8 Å². The molecule has 7 N–H and O–H groups in total. The number of aliphatic hydroxyl groups is 1. The van der Waals surface area contributed by atoms with E-state index < -0.39 is 158 Å². The van der Waals surface area contributed by atoms with Gasteiger partial charge >= 0.3 is 19.7 Å². The summed E-state index contributed by atoms with van der Waals surface area (Å²) in [4.78, 5) is 141. The van der Waals surface area contributed by atoms with Crippen LogP contribution in [0.5, 0.6) is 0 Å². The third-order valence-corrected chi connectivity index (χ3v) is 22.2. The van der Waals surface area contributed by atoms with Crippen molar-refractivity contribution < 1.29 is 127 Å². The van der Waals surface area contributed by atoms with Gasteiger partial charge in [0.1, 0.15) is 73.2 Å². The van der Waals surface area contributed by atoms with E-state index >= 15 is 4.39 Å². The number of H-pyrrole nitrogens is 1. The van der Waals surface area contributed by atoms with Crippen LogP contribution in [0.15, 0.2) is 90.7 Å². The monoisotopic (exact) mass is 1760 g/mol. The molecule has 3 fully saturated rings. The Bertz CT molecular complexity index is 4650. The minimum Gasteiger partial charge on any atom is -0.445 e. The number of anilines is 2. The predicted molar refractivity (Wildman–Crippen MR) is 428 cm³/mol. The molecule has 656 valence electrons. The number of methoxy groups -OCH3 is 1. The van der Waals surface area contributed by atoms with Crippen molar-refractivity contribution in [2.75, 3.05) is 144 Å². The highest BCUT2D eigenvalue weighted by molar-refractivity contribution is 8.44. The van der Waals surface area contributed by atoms with Crippen LogP contribution in [0, 0.1) is 11.7 Å². The number of unbranched alkanes of at least 4 members (excludes halogenated alkanes) is 1. The summed E-state index contributed by atoms with van der Waals surface area (Å²) >= 11 is 8.36. The molecule has 2 aromatic carbocycles. The van der Waals surface area contributed by atoms with Crippen molar-refractivity contribution in [2.24, 2.45) is 5.92 Å². The number of carbonyl (C=O) groups excluding carboxylic acids is 8. The quantitative estimate of drug-likeness (QED) is 0.0110. The second-order valence-corrected chi connectivity index (χ2v) is 33.8. The van der Waals surface area contributed by atoms with Gasteiger partial charge in [0, 0.05) is 69.7 Å². The summed E-state index contributed by atoms with van der Waals surface area (Å²) in [6, 6.07) is 9.41. The van der Waals surface area contributed by atoms with Crippen molar-refractivity contribution in [1.29, 1.82) is 0 Å². The van der Waals surface area contributed by atoms with Gasteiger partial charge in [0.25, 0.3) is 23.3 Å². The number of thiol groups is 2. The summed E-state index contributed by atoms with van der Waals surface area (Å²) in [6.45, 7) is 0.0359. The maximum atomic E-state index is 15.1. The average molecular weight is 1760 g/mol. The van der Waals surface area contributed by atoms with Gasteiger partial charge < -0.3 is 98.2 Å². The van der Waals surface area contributed by atoms with Crippen LogP contribution in [0.2, 0.25) is 0 Å². The van der Waals surface area contributed by atoms with Crippen LogP contribution >= 0.6 is 38.1 Å². The van der Waals surface area contributed by atoms with Gasteiger partial charge in [-0.05, 0) is 61.4 Å². The number of hydrogen-bond donors (Lipinski definition) is 9. The summed E-state index contributed by atoms with van der Waals surface area (Å²) in [5, 5.41) is 24.6. The SMILES string of the molecule is COCCOCCOCCOCCOCCOCCOCCOCCC(=O)N[C@@H](CCCCN1C(=O)C=CC1=O)C(=O)N[C@H](C(=O)N[C@@H](C)C(=O)Nc1ccc(COC(=O)N(C)Cc2ccccc2C(=O)Nc2ncnc3c2ncn3[C@H]2C[C@@H]3O[P@](=O)(S)OC[C@H]4O[C@@H](n5cc(F)c6c(=O)[nH]cnc65)[C@H](O[P@](=O)(S)OC[C@H]3O2)[C@@H]4O)cc1)C(C)C. The average Bonchev–Trinajstić information content (AvgIpc) is 1.60. The Kier molecular flexibility index (Phi) is 35.9. The minimum absolute atomic E-state index is 0.00284. The molecule has 6 aromatic rings. The van der Waals surface area contributed by atoms with Gasteiger partial charge in [-0.1, -0.05) is 68.7 Å². The number of aliphatic hydroxyl groups excluding tert-OH is 1. The fourth-order valence-corrected chi connectivity index (χ4v) is 15.7. The van der Waals surface area contributed by atoms with E-state index in [0.29, 0.717) is 109 Å². The number of rotatable bonds is 45. The zero-order valence-electron chi connectivity index (χ0n) is 66.4. The predicted octanol–water partition coefficient (Wildman–Crippen LogP) is 4.48. The van der Waals surface area contributed by atoms with Gasteiger partial charge in [0.15, 0.2) is 34.7 Å². The number of ether oxygens (including phenoxy) is 11. The summed E-state index contributed by atoms with van der Waals surface area (Å²) < 4.78 is 130. The number of halogens is 1.